The van der Waals surface area contributed by atoms with Crippen LogP contribution in [0.3, 0.4) is 0 Å². The smallest absolute Gasteiger partial charge is 0.240 e. The molecule has 3 rings (SSSR count). The summed E-state index contributed by atoms with van der Waals surface area (Å²) in [6.45, 7) is 4.78. The second-order valence-electron chi connectivity index (χ2n) is 6.74. The molecule has 0 radical (unpaired) electrons. The number of nitrogens with one attached hydrogen (secondary N) is 1. The summed E-state index contributed by atoms with van der Waals surface area (Å²) >= 11 is 0. The molecule has 114 valence electrons. The van der Waals surface area contributed by atoms with Crippen molar-refractivity contribution >= 4 is 5.91 Å². The molecule has 1 aromatic rings. The van der Waals surface area contributed by atoms with Crippen molar-refractivity contribution in [2.24, 2.45) is 11.7 Å². The van der Waals surface area contributed by atoms with Crippen molar-refractivity contribution in [3.05, 3.63) is 35.9 Å². The number of amides is 1. The van der Waals surface area contributed by atoms with Gasteiger partial charge in [0.15, 0.2) is 0 Å². The van der Waals surface area contributed by atoms with Crippen LogP contribution in [0.2, 0.25) is 0 Å². The second kappa shape index (κ2) is 5.78. The Kier molecular flexibility index (Phi) is 4.00. The second-order valence-corrected chi connectivity index (χ2v) is 6.74. The lowest BCUT2D eigenvalue weighted by Gasteiger charge is -2.25. The summed E-state index contributed by atoms with van der Waals surface area (Å²) in [4.78, 5) is 14.7. The summed E-state index contributed by atoms with van der Waals surface area (Å²) in [7, 11) is 0. The van der Waals surface area contributed by atoms with Crippen LogP contribution in [-0.2, 0) is 11.3 Å². The Morgan fingerprint density at radius 1 is 1.33 bits per heavy atom. The van der Waals surface area contributed by atoms with Gasteiger partial charge in [-0.1, -0.05) is 30.3 Å². The van der Waals surface area contributed by atoms with Crippen LogP contribution in [0.1, 0.15) is 31.7 Å². The van der Waals surface area contributed by atoms with E-state index < -0.39 is 5.54 Å². The average Bonchev–Trinajstić information content (AvgIpc) is 3.24. The number of carbonyl (C=O) groups excluding carboxylic acids is 1. The largest absolute Gasteiger partial charge is 0.350 e. The standard InChI is InChI=1S/C17H25N3O/c1-17(18,14-7-8-14)16(21)19-15-9-10-20(12-15)11-13-5-3-2-4-6-13/h2-6,14-15H,7-12,18H2,1H3,(H,19,21). The molecular weight excluding hydrogens is 262 g/mol. The highest BCUT2D eigenvalue weighted by atomic mass is 16.2. The predicted octanol–water partition coefficient (Wildman–Crippen LogP) is 1.50. The van der Waals surface area contributed by atoms with Crippen molar-refractivity contribution in [2.75, 3.05) is 13.1 Å². The van der Waals surface area contributed by atoms with Crippen molar-refractivity contribution < 1.29 is 4.79 Å². The topological polar surface area (TPSA) is 58.4 Å². The minimum Gasteiger partial charge on any atom is -0.350 e. The van der Waals surface area contributed by atoms with Crippen molar-refractivity contribution in [3.8, 4) is 0 Å². The number of hydrogen-bond acceptors (Lipinski definition) is 3. The van der Waals surface area contributed by atoms with Gasteiger partial charge in [0.05, 0.1) is 5.54 Å². The molecular formula is C17H25N3O. The zero-order valence-electron chi connectivity index (χ0n) is 12.7. The minimum absolute atomic E-state index is 0.0246. The molecule has 3 N–H and O–H groups in total. The van der Waals surface area contributed by atoms with E-state index in [-0.39, 0.29) is 11.9 Å². The zero-order chi connectivity index (χ0) is 14.9. The van der Waals surface area contributed by atoms with Gasteiger partial charge in [0.25, 0.3) is 0 Å². The van der Waals surface area contributed by atoms with Gasteiger partial charge < -0.3 is 11.1 Å². The van der Waals surface area contributed by atoms with Gasteiger partial charge in [-0.2, -0.15) is 0 Å². The summed E-state index contributed by atoms with van der Waals surface area (Å²) in [6.07, 6.45) is 3.19. The first-order chi connectivity index (χ1) is 10.1. The highest BCUT2D eigenvalue weighted by molar-refractivity contribution is 5.86. The number of likely N-dealkylation sites (tertiary alicyclic amines) is 1. The number of nitrogens with zero attached hydrogens (tertiary/aromatic N) is 1. The molecule has 2 atom stereocenters. The van der Waals surface area contributed by atoms with Crippen molar-refractivity contribution in [1.82, 2.24) is 10.2 Å². The molecule has 0 spiro atoms. The van der Waals surface area contributed by atoms with Gasteiger partial charge in [0.1, 0.15) is 0 Å². The first-order valence-electron chi connectivity index (χ1n) is 7.92. The molecule has 1 aliphatic heterocycles. The Labute approximate surface area is 126 Å². The molecule has 1 aromatic carbocycles. The van der Waals surface area contributed by atoms with Crippen LogP contribution in [-0.4, -0.2) is 35.5 Å². The van der Waals surface area contributed by atoms with Gasteiger partial charge in [-0.05, 0) is 37.7 Å². The Bertz CT molecular complexity index is 496. The molecule has 1 amide bonds. The van der Waals surface area contributed by atoms with E-state index in [0.717, 1.165) is 38.9 Å². The lowest BCUT2D eigenvalue weighted by Crippen LogP contribution is -2.56. The fourth-order valence-electron chi connectivity index (χ4n) is 3.15. The molecule has 0 bridgehead atoms. The van der Waals surface area contributed by atoms with Crippen LogP contribution in [0.4, 0.5) is 0 Å². The Morgan fingerprint density at radius 3 is 2.71 bits per heavy atom. The maximum atomic E-state index is 12.3. The fourth-order valence-corrected chi connectivity index (χ4v) is 3.15. The quantitative estimate of drug-likeness (QED) is 0.863. The van der Waals surface area contributed by atoms with Gasteiger partial charge in [0, 0.05) is 25.7 Å². The van der Waals surface area contributed by atoms with Gasteiger partial charge in [-0.3, -0.25) is 9.69 Å². The van der Waals surface area contributed by atoms with E-state index in [4.69, 9.17) is 5.73 Å². The Balaban J connectivity index is 1.49. The number of carbonyl (C=O) groups is 1. The van der Waals surface area contributed by atoms with E-state index in [1.54, 1.807) is 0 Å². The molecule has 2 aliphatic rings. The van der Waals surface area contributed by atoms with E-state index in [1.165, 1.54) is 5.56 Å². The van der Waals surface area contributed by atoms with Crippen LogP contribution in [0, 0.1) is 5.92 Å². The highest BCUT2D eigenvalue weighted by Crippen LogP contribution is 2.38. The predicted molar refractivity (Wildman–Crippen MR) is 83.6 cm³/mol. The van der Waals surface area contributed by atoms with E-state index in [0.29, 0.717) is 5.92 Å². The first kappa shape index (κ1) is 14.5. The average molecular weight is 287 g/mol. The van der Waals surface area contributed by atoms with Crippen molar-refractivity contribution in [2.45, 2.75) is 44.3 Å². The number of nitrogens with two attached hydrogens (primary N) is 1. The number of hydrogen-bond donors (Lipinski definition) is 2. The van der Waals surface area contributed by atoms with Gasteiger partial charge in [-0.25, -0.2) is 0 Å². The minimum atomic E-state index is -0.688. The van der Waals surface area contributed by atoms with Gasteiger partial charge in [0.2, 0.25) is 5.91 Å². The molecule has 2 fully saturated rings. The van der Waals surface area contributed by atoms with E-state index in [9.17, 15) is 4.79 Å². The zero-order valence-corrected chi connectivity index (χ0v) is 12.7. The highest BCUT2D eigenvalue weighted by Gasteiger charge is 2.44. The van der Waals surface area contributed by atoms with Crippen LogP contribution >= 0.6 is 0 Å². The van der Waals surface area contributed by atoms with Crippen LogP contribution in [0.15, 0.2) is 30.3 Å². The van der Waals surface area contributed by atoms with Crippen molar-refractivity contribution in [3.63, 3.8) is 0 Å². The number of benzene rings is 1. The summed E-state index contributed by atoms with van der Waals surface area (Å²) in [6, 6.07) is 10.7. The third-order valence-electron chi connectivity index (χ3n) is 4.77. The summed E-state index contributed by atoms with van der Waals surface area (Å²) in [5.41, 5.74) is 6.81. The third kappa shape index (κ3) is 3.44. The molecule has 1 aliphatic carbocycles. The van der Waals surface area contributed by atoms with Crippen molar-refractivity contribution in [1.29, 1.82) is 0 Å². The maximum absolute atomic E-state index is 12.3. The SMILES string of the molecule is CC(N)(C(=O)NC1CCN(Cc2ccccc2)C1)C1CC1. The molecule has 1 heterocycles. The molecule has 1 saturated heterocycles. The lowest BCUT2D eigenvalue weighted by molar-refractivity contribution is -0.127. The molecule has 0 aromatic heterocycles. The summed E-state index contributed by atoms with van der Waals surface area (Å²) < 4.78 is 0. The maximum Gasteiger partial charge on any atom is 0.240 e. The summed E-state index contributed by atoms with van der Waals surface area (Å²) in [5.74, 6) is 0.399. The molecule has 4 nitrogen and oxygen atoms in total. The third-order valence-corrected chi connectivity index (χ3v) is 4.77. The normalized spacial score (nSPS) is 25.5. The van der Waals surface area contributed by atoms with E-state index in [2.05, 4.69) is 34.5 Å². The van der Waals surface area contributed by atoms with Gasteiger partial charge >= 0.3 is 0 Å². The van der Waals surface area contributed by atoms with Crippen LogP contribution in [0.25, 0.3) is 0 Å². The van der Waals surface area contributed by atoms with Crippen LogP contribution in [0.5, 0.6) is 0 Å². The molecule has 21 heavy (non-hydrogen) atoms. The van der Waals surface area contributed by atoms with Crippen LogP contribution < -0.4 is 11.1 Å². The monoisotopic (exact) mass is 287 g/mol. The molecule has 1 saturated carbocycles. The number of rotatable bonds is 5. The molecule has 2 unspecified atom stereocenters. The Morgan fingerprint density at radius 2 is 2.05 bits per heavy atom. The molecule has 4 heteroatoms. The Hall–Kier alpha value is -1.39. The lowest BCUT2D eigenvalue weighted by atomic mass is 9.96. The summed E-state index contributed by atoms with van der Waals surface area (Å²) in [5, 5.41) is 3.15. The van der Waals surface area contributed by atoms with Gasteiger partial charge in [-0.15, -0.1) is 0 Å². The van der Waals surface area contributed by atoms with E-state index >= 15 is 0 Å². The van der Waals surface area contributed by atoms with E-state index in [1.807, 2.05) is 13.0 Å². The first-order valence-corrected chi connectivity index (χ1v) is 7.92. The fraction of sp³-hybridized carbons (Fsp3) is 0.588.